The van der Waals surface area contributed by atoms with Crippen LogP contribution < -0.4 is 0 Å². The van der Waals surface area contributed by atoms with E-state index < -0.39 is 0 Å². The first kappa shape index (κ1) is 18.0. The molecule has 25 heavy (non-hydrogen) atoms. The smallest absolute Gasteiger partial charge is 0.244 e. The average Bonchev–Trinajstić information content (AvgIpc) is 3.28. The molecular weight excluding hydrogens is 334 g/mol. The molecule has 0 bridgehead atoms. The highest BCUT2D eigenvalue weighted by atomic mass is 32.1. The molecule has 1 amide bonds. The molecule has 134 valence electrons. The molecule has 1 aliphatic heterocycles. The van der Waals surface area contributed by atoms with Crippen LogP contribution in [0, 0.1) is 6.92 Å². The van der Waals surface area contributed by atoms with Gasteiger partial charge in [-0.25, -0.2) is 0 Å². The molecule has 1 unspecified atom stereocenters. The standard InChI is InChI=1S/C19H25N3O2S/c1-15-6-7-17(25-15)14-22(11-12-23)19(24)18(21-9-2-3-10-21)16-5-4-8-20-13-16/h4-8,13,18,23H,2-3,9-12,14H2,1H3. The zero-order chi connectivity index (χ0) is 17.6. The van der Waals surface area contributed by atoms with Gasteiger partial charge in [-0.05, 0) is 56.6 Å². The second-order valence-corrected chi connectivity index (χ2v) is 7.80. The first-order chi connectivity index (χ1) is 12.2. The van der Waals surface area contributed by atoms with Crippen molar-refractivity contribution in [2.75, 3.05) is 26.2 Å². The lowest BCUT2D eigenvalue weighted by molar-refractivity contribution is -0.138. The number of rotatable bonds is 7. The van der Waals surface area contributed by atoms with E-state index in [-0.39, 0.29) is 18.6 Å². The van der Waals surface area contributed by atoms with E-state index in [9.17, 15) is 9.90 Å². The summed E-state index contributed by atoms with van der Waals surface area (Å²) in [6.07, 6.45) is 5.75. The van der Waals surface area contributed by atoms with Crippen molar-refractivity contribution in [2.45, 2.75) is 32.4 Å². The third-order valence-electron chi connectivity index (χ3n) is 4.56. The Morgan fingerprint density at radius 2 is 2.16 bits per heavy atom. The minimum Gasteiger partial charge on any atom is -0.395 e. The number of carbonyl (C=O) groups is 1. The Morgan fingerprint density at radius 3 is 2.76 bits per heavy atom. The Hall–Kier alpha value is -1.76. The van der Waals surface area contributed by atoms with Gasteiger partial charge >= 0.3 is 0 Å². The topological polar surface area (TPSA) is 56.7 Å². The number of thiophene rings is 1. The van der Waals surface area contributed by atoms with Gasteiger partial charge in [0.1, 0.15) is 6.04 Å². The molecule has 0 spiro atoms. The lowest BCUT2D eigenvalue weighted by Gasteiger charge is -2.32. The molecule has 2 aromatic heterocycles. The number of hydrogen-bond acceptors (Lipinski definition) is 5. The molecule has 0 aliphatic carbocycles. The van der Waals surface area contributed by atoms with E-state index in [1.807, 2.05) is 12.1 Å². The van der Waals surface area contributed by atoms with E-state index in [2.05, 4.69) is 28.9 Å². The second kappa shape index (κ2) is 8.56. The number of aryl methyl sites for hydroxylation is 1. The van der Waals surface area contributed by atoms with Crippen LogP contribution in [0.2, 0.25) is 0 Å². The average molecular weight is 359 g/mol. The normalized spacial score (nSPS) is 16.1. The van der Waals surface area contributed by atoms with E-state index in [0.717, 1.165) is 36.4 Å². The van der Waals surface area contributed by atoms with Crippen molar-refractivity contribution in [1.29, 1.82) is 0 Å². The summed E-state index contributed by atoms with van der Waals surface area (Å²) in [5.41, 5.74) is 0.930. The summed E-state index contributed by atoms with van der Waals surface area (Å²) < 4.78 is 0. The maximum atomic E-state index is 13.4. The molecule has 1 saturated heterocycles. The van der Waals surface area contributed by atoms with Crippen LogP contribution in [0.3, 0.4) is 0 Å². The van der Waals surface area contributed by atoms with E-state index in [1.54, 1.807) is 28.6 Å². The first-order valence-corrected chi connectivity index (χ1v) is 9.59. The van der Waals surface area contributed by atoms with E-state index >= 15 is 0 Å². The Bertz CT molecular complexity index is 683. The maximum Gasteiger partial charge on any atom is 0.244 e. The van der Waals surface area contributed by atoms with Crippen molar-refractivity contribution in [3.05, 3.63) is 52.0 Å². The van der Waals surface area contributed by atoms with Gasteiger partial charge in [0, 0.05) is 28.7 Å². The highest BCUT2D eigenvalue weighted by Gasteiger charge is 2.33. The van der Waals surface area contributed by atoms with Crippen molar-refractivity contribution in [1.82, 2.24) is 14.8 Å². The Balaban J connectivity index is 1.85. The van der Waals surface area contributed by atoms with Gasteiger partial charge in [-0.2, -0.15) is 0 Å². The van der Waals surface area contributed by atoms with Gasteiger partial charge in [-0.15, -0.1) is 11.3 Å². The van der Waals surface area contributed by atoms with Crippen molar-refractivity contribution < 1.29 is 9.90 Å². The fourth-order valence-electron chi connectivity index (χ4n) is 3.37. The number of amides is 1. The molecule has 6 heteroatoms. The van der Waals surface area contributed by atoms with Crippen LogP contribution in [0.15, 0.2) is 36.7 Å². The Kier molecular flexibility index (Phi) is 6.18. The molecule has 1 fully saturated rings. The van der Waals surface area contributed by atoms with Gasteiger partial charge < -0.3 is 10.0 Å². The highest BCUT2D eigenvalue weighted by molar-refractivity contribution is 7.11. The number of nitrogens with zero attached hydrogens (tertiary/aromatic N) is 3. The molecule has 1 aliphatic rings. The SMILES string of the molecule is Cc1ccc(CN(CCO)C(=O)C(c2cccnc2)N2CCCC2)s1. The summed E-state index contributed by atoms with van der Waals surface area (Å²) in [6.45, 7) is 4.78. The summed E-state index contributed by atoms with van der Waals surface area (Å²) in [6, 6.07) is 7.67. The zero-order valence-corrected chi connectivity index (χ0v) is 15.4. The minimum atomic E-state index is -0.316. The second-order valence-electron chi connectivity index (χ2n) is 6.43. The Labute approximate surface area is 152 Å². The monoisotopic (exact) mass is 359 g/mol. The number of carbonyl (C=O) groups excluding carboxylic acids is 1. The van der Waals surface area contributed by atoms with Crippen LogP contribution in [0.5, 0.6) is 0 Å². The van der Waals surface area contributed by atoms with Gasteiger partial charge in [0.05, 0.1) is 13.2 Å². The number of likely N-dealkylation sites (tertiary alicyclic amines) is 1. The number of aliphatic hydroxyl groups is 1. The molecule has 1 atom stereocenters. The van der Waals surface area contributed by atoms with Crippen LogP contribution in [0.4, 0.5) is 0 Å². The maximum absolute atomic E-state index is 13.4. The molecule has 5 nitrogen and oxygen atoms in total. The highest BCUT2D eigenvalue weighted by Crippen LogP contribution is 2.28. The summed E-state index contributed by atoms with van der Waals surface area (Å²) in [7, 11) is 0. The Morgan fingerprint density at radius 1 is 1.36 bits per heavy atom. The van der Waals surface area contributed by atoms with Crippen molar-refractivity contribution in [3.8, 4) is 0 Å². The van der Waals surface area contributed by atoms with Gasteiger partial charge in [0.2, 0.25) is 5.91 Å². The quantitative estimate of drug-likeness (QED) is 0.826. The van der Waals surface area contributed by atoms with Crippen LogP contribution >= 0.6 is 11.3 Å². The number of hydrogen-bond donors (Lipinski definition) is 1. The van der Waals surface area contributed by atoms with Gasteiger partial charge in [0.25, 0.3) is 0 Å². The molecule has 3 rings (SSSR count). The number of aromatic nitrogens is 1. The van der Waals surface area contributed by atoms with Gasteiger partial charge in [0.15, 0.2) is 0 Å². The lowest BCUT2D eigenvalue weighted by Crippen LogP contribution is -2.43. The molecule has 2 aromatic rings. The molecule has 0 aromatic carbocycles. The van der Waals surface area contributed by atoms with E-state index in [4.69, 9.17) is 0 Å². The minimum absolute atomic E-state index is 0.0319. The zero-order valence-electron chi connectivity index (χ0n) is 14.6. The first-order valence-electron chi connectivity index (χ1n) is 8.78. The van der Waals surface area contributed by atoms with Gasteiger partial charge in [-0.3, -0.25) is 14.7 Å². The molecule has 1 N–H and O–H groups in total. The van der Waals surface area contributed by atoms with Crippen LogP contribution in [-0.4, -0.2) is 52.0 Å². The fraction of sp³-hybridized carbons (Fsp3) is 0.474. The number of aliphatic hydroxyl groups excluding tert-OH is 1. The molecule has 3 heterocycles. The summed E-state index contributed by atoms with van der Waals surface area (Å²) >= 11 is 1.70. The third-order valence-corrected chi connectivity index (χ3v) is 5.55. The van der Waals surface area contributed by atoms with Crippen LogP contribution in [0.25, 0.3) is 0 Å². The van der Waals surface area contributed by atoms with Crippen molar-refractivity contribution in [2.24, 2.45) is 0 Å². The van der Waals surface area contributed by atoms with E-state index in [0.29, 0.717) is 13.1 Å². The molecule has 0 saturated carbocycles. The van der Waals surface area contributed by atoms with Gasteiger partial charge in [-0.1, -0.05) is 6.07 Å². The predicted molar refractivity (Wildman–Crippen MR) is 99.3 cm³/mol. The van der Waals surface area contributed by atoms with Crippen LogP contribution in [0.1, 0.15) is 34.2 Å². The fourth-order valence-corrected chi connectivity index (χ4v) is 4.27. The largest absolute Gasteiger partial charge is 0.395 e. The summed E-state index contributed by atoms with van der Waals surface area (Å²) in [5, 5.41) is 9.47. The summed E-state index contributed by atoms with van der Waals surface area (Å²) in [4.78, 5) is 24.0. The van der Waals surface area contributed by atoms with Crippen molar-refractivity contribution in [3.63, 3.8) is 0 Å². The summed E-state index contributed by atoms with van der Waals surface area (Å²) in [5.74, 6) is 0.0509. The van der Waals surface area contributed by atoms with Crippen molar-refractivity contribution >= 4 is 17.2 Å². The number of pyridine rings is 1. The van der Waals surface area contributed by atoms with E-state index in [1.165, 1.54) is 4.88 Å². The van der Waals surface area contributed by atoms with Crippen LogP contribution in [-0.2, 0) is 11.3 Å². The molecule has 0 radical (unpaired) electrons. The lowest BCUT2D eigenvalue weighted by atomic mass is 10.1. The third kappa shape index (κ3) is 4.45. The predicted octanol–water partition coefficient (Wildman–Crippen LogP) is 2.61. The molecular formula is C19H25N3O2S.